The third kappa shape index (κ3) is 1.89. The fraction of sp³-hybridized carbons (Fsp3) is 0.267. The molecule has 0 saturated heterocycles. The van der Waals surface area contributed by atoms with E-state index in [1.165, 1.54) is 7.11 Å². The number of carbonyl (C=O) groups excluding carboxylic acids is 1. The van der Waals surface area contributed by atoms with Gasteiger partial charge >= 0.3 is 5.97 Å². The lowest BCUT2D eigenvalue weighted by Crippen LogP contribution is -2.27. The largest absolute Gasteiger partial charge is 0.483 e. The van der Waals surface area contributed by atoms with E-state index in [9.17, 15) is 4.79 Å². The van der Waals surface area contributed by atoms with E-state index in [4.69, 9.17) is 9.47 Å². The highest BCUT2D eigenvalue weighted by Crippen LogP contribution is 2.35. The number of carbonyl (C=O) groups is 1. The number of hydrogen-bond acceptors (Lipinski definition) is 3. The summed E-state index contributed by atoms with van der Waals surface area (Å²) in [5.41, 5.74) is 2.00. The van der Waals surface area contributed by atoms with Crippen LogP contribution in [0.1, 0.15) is 29.9 Å². The van der Waals surface area contributed by atoms with Crippen LogP contribution in [-0.4, -0.2) is 23.7 Å². The third-order valence-corrected chi connectivity index (χ3v) is 3.23. The molecule has 4 nitrogen and oxygen atoms in total. The average molecular weight is 257 g/mol. The fourth-order valence-corrected chi connectivity index (χ4v) is 2.28. The molecular weight excluding hydrogens is 242 g/mol. The zero-order chi connectivity index (χ0) is 13.6. The summed E-state index contributed by atoms with van der Waals surface area (Å²) in [6.45, 7) is 4.01. The van der Waals surface area contributed by atoms with Crippen molar-refractivity contribution in [2.24, 2.45) is 0 Å². The van der Waals surface area contributed by atoms with Crippen molar-refractivity contribution in [1.82, 2.24) is 4.98 Å². The Balaban J connectivity index is 2.18. The van der Waals surface area contributed by atoms with Crippen molar-refractivity contribution >= 4 is 22.9 Å². The Bertz CT molecular complexity index is 695. The van der Waals surface area contributed by atoms with Gasteiger partial charge in [-0.1, -0.05) is 0 Å². The van der Waals surface area contributed by atoms with Gasteiger partial charge in [0.25, 0.3) is 0 Å². The summed E-state index contributed by atoms with van der Waals surface area (Å²) in [6, 6.07) is 5.65. The lowest BCUT2D eigenvalue weighted by Gasteiger charge is -2.27. The highest BCUT2D eigenvalue weighted by atomic mass is 16.5. The average Bonchev–Trinajstić information content (AvgIpc) is 2.80. The molecule has 0 spiro atoms. The van der Waals surface area contributed by atoms with Crippen LogP contribution in [0, 0.1) is 0 Å². The van der Waals surface area contributed by atoms with Crippen LogP contribution in [0.3, 0.4) is 0 Å². The number of benzene rings is 1. The predicted octanol–water partition coefficient (Wildman–Crippen LogP) is 3.14. The van der Waals surface area contributed by atoms with Gasteiger partial charge in [-0.25, -0.2) is 4.79 Å². The number of H-pyrrole nitrogens is 1. The summed E-state index contributed by atoms with van der Waals surface area (Å²) < 4.78 is 10.6. The smallest absolute Gasteiger partial charge is 0.354 e. The number of fused-ring (bicyclic) bond motifs is 3. The van der Waals surface area contributed by atoms with Crippen LogP contribution in [0.4, 0.5) is 0 Å². The molecule has 0 saturated carbocycles. The van der Waals surface area contributed by atoms with Gasteiger partial charge < -0.3 is 14.5 Å². The van der Waals surface area contributed by atoms with Crippen LogP contribution >= 0.6 is 0 Å². The van der Waals surface area contributed by atoms with Crippen LogP contribution in [0.15, 0.2) is 24.3 Å². The van der Waals surface area contributed by atoms with Gasteiger partial charge in [0.1, 0.15) is 17.0 Å². The maximum Gasteiger partial charge on any atom is 0.354 e. The Hall–Kier alpha value is -2.23. The Labute approximate surface area is 111 Å². The molecule has 98 valence electrons. The van der Waals surface area contributed by atoms with Gasteiger partial charge in [0.15, 0.2) is 0 Å². The van der Waals surface area contributed by atoms with Gasteiger partial charge in [-0.2, -0.15) is 0 Å². The van der Waals surface area contributed by atoms with E-state index < -0.39 is 0 Å². The molecule has 0 bridgehead atoms. The van der Waals surface area contributed by atoms with Gasteiger partial charge in [0, 0.05) is 10.9 Å². The van der Waals surface area contributed by atoms with E-state index in [2.05, 4.69) is 4.98 Å². The Morgan fingerprint density at radius 1 is 1.37 bits per heavy atom. The molecule has 0 atom stereocenters. The minimum atomic E-state index is -0.369. The van der Waals surface area contributed by atoms with Gasteiger partial charge in [-0.15, -0.1) is 0 Å². The second kappa shape index (κ2) is 3.88. The first kappa shape index (κ1) is 11.8. The van der Waals surface area contributed by atoms with E-state index in [1.807, 2.05) is 38.1 Å². The van der Waals surface area contributed by atoms with Gasteiger partial charge in [-0.05, 0) is 44.2 Å². The molecule has 19 heavy (non-hydrogen) atoms. The second-order valence-corrected chi connectivity index (χ2v) is 5.16. The summed E-state index contributed by atoms with van der Waals surface area (Å²) in [6.07, 6.45) is 4.03. The number of hydrogen-bond donors (Lipinski definition) is 1. The maximum atomic E-state index is 11.6. The SMILES string of the molecule is COC(=O)c1cc2ccc3c(c2[nH]1)C=CC(C)(C)O3. The molecule has 0 amide bonds. The number of aromatic amines is 1. The van der Waals surface area contributed by atoms with Crippen molar-refractivity contribution in [1.29, 1.82) is 0 Å². The van der Waals surface area contributed by atoms with Crippen LogP contribution in [0.2, 0.25) is 0 Å². The minimum Gasteiger partial charge on any atom is -0.483 e. The number of methoxy groups -OCH3 is 1. The van der Waals surface area contributed by atoms with Crippen molar-refractivity contribution in [3.63, 3.8) is 0 Å². The Morgan fingerprint density at radius 3 is 2.89 bits per heavy atom. The monoisotopic (exact) mass is 257 g/mol. The molecule has 1 aliphatic rings. The van der Waals surface area contributed by atoms with Crippen molar-refractivity contribution in [3.8, 4) is 5.75 Å². The normalized spacial score (nSPS) is 15.9. The van der Waals surface area contributed by atoms with Gasteiger partial charge in [-0.3, -0.25) is 0 Å². The topological polar surface area (TPSA) is 51.3 Å². The van der Waals surface area contributed by atoms with Gasteiger partial charge in [0.2, 0.25) is 0 Å². The Morgan fingerprint density at radius 2 is 2.16 bits per heavy atom. The van der Waals surface area contributed by atoms with Gasteiger partial charge in [0.05, 0.1) is 12.6 Å². The first-order valence-electron chi connectivity index (χ1n) is 6.12. The predicted molar refractivity (Wildman–Crippen MR) is 73.4 cm³/mol. The van der Waals surface area contributed by atoms with E-state index in [-0.39, 0.29) is 11.6 Å². The first-order chi connectivity index (χ1) is 9.00. The molecule has 2 heterocycles. The number of rotatable bonds is 1. The molecule has 1 aliphatic heterocycles. The van der Waals surface area contributed by atoms with Crippen molar-refractivity contribution in [3.05, 3.63) is 35.5 Å². The zero-order valence-electron chi connectivity index (χ0n) is 11.1. The number of nitrogens with one attached hydrogen (secondary N) is 1. The van der Waals surface area contributed by atoms with Crippen molar-refractivity contribution in [2.45, 2.75) is 19.4 Å². The van der Waals surface area contributed by atoms with Crippen molar-refractivity contribution in [2.75, 3.05) is 7.11 Å². The lowest BCUT2D eigenvalue weighted by molar-refractivity contribution is 0.0595. The standard InChI is InChI=1S/C15H15NO3/c1-15(2)7-6-10-12(19-15)5-4-9-8-11(14(17)18-3)16-13(9)10/h4-8,16H,1-3H3. The second-order valence-electron chi connectivity index (χ2n) is 5.16. The third-order valence-electron chi connectivity index (χ3n) is 3.23. The molecule has 0 unspecified atom stereocenters. The molecule has 2 aromatic rings. The quantitative estimate of drug-likeness (QED) is 0.798. The van der Waals surface area contributed by atoms with Crippen LogP contribution in [-0.2, 0) is 4.74 Å². The molecule has 1 aromatic carbocycles. The lowest BCUT2D eigenvalue weighted by atomic mass is 10.0. The number of esters is 1. The first-order valence-corrected chi connectivity index (χ1v) is 6.12. The van der Waals surface area contributed by atoms with E-state index in [1.54, 1.807) is 6.07 Å². The molecular formula is C15H15NO3. The summed E-state index contributed by atoms with van der Waals surface area (Å²) in [5, 5.41) is 0.965. The summed E-state index contributed by atoms with van der Waals surface area (Å²) in [7, 11) is 1.37. The fourth-order valence-electron chi connectivity index (χ4n) is 2.28. The zero-order valence-corrected chi connectivity index (χ0v) is 11.1. The summed E-state index contributed by atoms with van der Waals surface area (Å²) in [4.78, 5) is 14.6. The van der Waals surface area contributed by atoms with Crippen LogP contribution < -0.4 is 4.74 Å². The van der Waals surface area contributed by atoms with E-state index in [0.29, 0.717) is 5.69 Å². The summed E-state index contributed by atoms with van der Waals surface area (Å²) >= 11 is 0. The molecule has 3 rings (SSSR count). The van der Waals surface area contributed by atoms with Crippen molar-refractivity contribution < 1.29 is 14.3 Å². The van der Waals surface area contributed by atoms with E-state index >= 15 is 0 Å². The number of ether oxygens (including phenoxy) is 2. The molecule has 0 fully saturated rings. The highest BCUT2D eigenvalue weighted by molar-refractivity contribution is 5.98. The molecule has 0 aliphatic carbocycles. The summed E-state index contributed by atoms with van der Waals surface area (Å²) in [5.74, 6) is 0.448. The molecule has 0 radical (unpaired) electrons. The Kier molecular flexibility index (Phi) is 2.42. The van der Waals surface area contributed by atoms with Crippen LogP contribution in [0.25, 0.3) is 17.0 Å². The highest BCUT2D eigenvalue weighted by Gasteiger charge is 2.23. The molecule has 1 N–H and O–H groups in total. The minimum absolute atomic E-state index is 0.307. The number of aromatic nitrogens is 1. The van der Waals surface area contributed by atoms with E-state index in [0.717, 1.165) is 22.2 Å². The maximum absolute atomic E-state index is 11.6. The molecule has 1 aromatic heterocycles. The molecule has 4 heteroatoms. The van der Waals surface area contributed by atoms with Crippen LogP contribution in [0.5, 0.6) is 5.75 Å².